The summed E-state index contributed by atoms with van der Waals surface area (Å²) in [6, 6.07) is 0. The van der Waals surface area contributed by atoms with Crippen LogP contribution in [0.3, 0.4) is 0 Å². The first-order chi connectivity index (χ1) is 5.90. The molecule has 0 aliphatic carbocycles. The second-order valence-corrected chi connectivity index (χ2v) is 4.54. The van der Waals surface area contributed by atoms with Crippen molar-refractivity contribution in [1.29, 1.82) is 0 Å². The Morgan fingerprint density at radius 3 is 3.00 bits per heavy atom. The first-order valence-corrected chi connectivity index (χ1v) is 5.44. The third kappa shape index (κ3) is 1.76. The van der Waals surface area contributed by atoms with Gasteiger partial charge in [0.2, 0.25) is 0 Å². The lowest BCUT2D eigenvalue weighted by Gasteiger charge is -2.15. The van der Waals surface area contributed by atoms with Gasteiger partial charge in [0.25, 0.3) is 0 Å². The molecule has 3 nitrogen and oxygen atoms in total. The Kier molecular flexibility index (Phi) is 2.91. The zero-order valence-electron chi connectivity index (χ0n) is 6.94. The molecule has 12 heavy (non-hydrogen) atoms. The molecule has 2 aliphatic rings. The average Bonchev–Trinajstić information content (AvgIpc) is 2.75. The summed E-state index contributed by atoms with van der Waals surface area (Å²) in [5, 5.41) is 9.32. The number of aliphatic hydroxyl groups is 1. The zero-order chi connectivity index (χ0) is 8.39. The summed E-state index contributed by atoms with van der Waals surface area (Å²) < 4.78 is 10.9. The molecule has 0 amide bonds. The van der Waals surface area contributed by atoms with Crippen LogP contribution < -0.4 is 0 Å². The molecule has 0 bridgehead atoms. The maximum atomic E-state index is 8.81. The lowest BCUT2D eigenvalue weighted by Crippen LogP contribution is -2.23. The molecule has 2 fully saturated rings. The number of ether oxygens (including phenoxy) is 2. The maximum absolute atomic E-state index is 8.81. The van der Waals surface area contributed by atoms with Crippen LogP contribution in [0.4, 0.5) is 0 Å². The molecule has 3 unspecified atom stereocenters. The maximum Gasteiger partial charge on any atom is 0.170 e. The molecular weight excluding hydrogens is 176 g/mol. The Labute approximate surface area is 76.4 Å². The number of hydrogen-bond acceptors (Lipinski definition) is 4. The smallest absolute Gasteiger partial charge is 0.170 e. The van der Waals surface area contributed by atoms with Gasteiger partial charge < -0.3 is 14.6 Å². The van der Waals surface area contributed by atoms with Gasteiger partial charge in [-0.15, -0.1) is 0 Å². The number of rotatable bonds is 2. The molecular formula is C8H14O3S. The minimum atomic E-state index is -0.0869. The minimum Gasteiger partial charge on any atom is -0.394 e. The van der Waals surface area contributed by atoms with Gasteiger partial charge in [-0.05, 0) is 18.6 Å². The van der Waals surface area contributed by atoms with E-state index in [9.17, 15) is 0 Å². The normalized spacial score (nSPS) is 42.2. The van der Waals surface area contributed by atoms with Gasteiger partial charge in [-0.1, -0.05) is 0 Å². The minimum absolute atomic E-state index is 0.0605. The lowest BCUT2D eigenvalue weighted by molar-refractivity contribution is -0.0646. The molecule has 0 spiro atoms. The average molecular weight is 190 g/mol. The van der Waals surface area contributed by atoms with E-state index in [-0.39, 0.29) is 19.0 Å². The molecule has 2 heterocycles. The molecule has 2 saturated heterocycles. The highest BCUT2D eigenvalue weighted by molar-refractivity contribution is 8.00. The Bertz CT molecular complexity index is 147. The van der Waals surface area contributed by atoms with Gasteiger partial charge in [-0.2, -0.15) is 11.8 Å². The monoisotopic (exact) mass is 190 g/mol. The topological polar surface area (TPSA) is 38.7 Å². The van der Waals surface area contributed by atoms with Crippen LogP contribution in [0.5, 0.6) is 0 Å². The van der Waals surface area contributed by atoms with E-state index in [2.05, 4.69) is 0 Å². The molecule has 0 aromatic carbocycles. The lowest BCUT2D eigenvalue weighted by atomic mass is 10.2. The summed E-state index contributed by atoms with van der Waals surface area (Å²) in [7, 11) is 0. The van der Waals surface area contributed by atoms with E-state index in [1.54, 1.807) is 0 Å². The van der Waals surface area contributed by atoms with E-state index in [1.165, 1.54) is 18.6 Å². The third-order valence-corrected chi connectivity index (χ3v) is 3.66. The van der Waals surface area contributed by atoms with Crippen molar-refractivity contribution in [2.45, 2.75) is 30.5 Å². The van der Waals surface area contributed by atoms with Crippen molar-refractivity contribution in [2.75, 3.05) is 19.0 Å². The van der Waals surface area contributed by atoms with Crippen LogP contribution in [-0.2, 0) is 9.47 Å². The van der Waals surface area contributed by atoms with Crippen molar-refractivity contribution in [3.8, 4) is 0 Å². The van der Waals surface area contributed by atoms with E-state index in [4.69, 9.17) is 14.6 Å². The number of aliphatic hydroxyl groups excluding tert-OH is 1. The van der Waals surface area contributed by atoms with Crippen molar-refractivity contribution >= 4 is 11.8 Å². The molecule has 1 N–H and O–H groups in total. The molecule has 0 aromatic rings. The van der Waals surface area contributed by atoms with Gasteiger partial charge in [-0.25, -0.2) is 0 Å². The van der Waals surface area contributed by atoms with Crippen molar-refractivity contribution in [1.82, 2.24) is 0 Å². The van der Waals surface area contributed by atoms with Crippen LogP contribution in [0.1, 0.15) is 12.8 Å². The quantitative estimate of drug-likeness (QED) is 0.692. The summed E-state index contributed by atoms with van der Waals surface area (Å²) in [4.78, 5) is 0. The van der Waals surface area contributed by atoms with Crippen LogP contribution >= 0.6 is 11.8 Å². The summed E-state index contributed by atoms with van der Waals surface area (Å²) >= 11 is 1.92. The van der Waals surface area contributed by atoms with Crippen molar-refractivity contribution < 1.29 is 14.6 Å². The van der Waals surface area contributed by atoms with Crippen molar-refractivity contribution in [3.63, 3.8) is 0 Å². The number of thioether (sulfide) groups is 1. The Morgan fingerprint density at radius 1 is 1.50 bits per heavy atom. The predicted molar refractivity (Wildman–Crippen MR) is 47.2 cm³/mol. The van der Waals surface area contributed by atoms with Crippen molar-refractivity contribution in [3.05, 3.63) is 0 Å². The molecule has 70 valence electrons. The first-order valence-electron chi connectivity index (χ1n) is 4.39. The van der Waals surface area contributed by atoms with Gasteiger partial charge in [-0.3, -0.25) is 0 Å². The van der Waals surface area contributed by atoms with E-state index in [0.717, 1.165) is 0 Å². The number of hydrogen-bond donors (Lipinski definition) is 1. The highest BCUT2D eigenvalue weighted by Gasteiger charge is 2.34. The van der Waals surface area contributed by atoms with Gasteiger partial charge in [0.1, 0.15) is 6.10 Å². The SMILES string of the molecule is OCC1COC(C2CCCS2)O1. The van der Waals surface area contributed by atoms with Crippen LogP contribution in [0.15, 0.2) is 0 Å². The molecule has 2 rings (SSSR count). The fraction of sp³-hybridized carbons (Fsp3) is 1.00. The van der Waals surface area contributed by atoms with Crippen LogP contribution in [0, 0.1) is 0 Å². The van der Waals surface area contributed by atoms with E-state index >= 15 is 0 Å². The standard InChI is InChI=1S/C8H14O3S/c9-4-6-5-10-8(11-6)7-2-1-3-12-7/h6-9H,1-5H2. The van der Waals surface area contributed by atoms with Crippen LogP contribution in [0.2, 0.25) is 0 Å². The fourth-order valence-corrected chi connectivity index (χ4v) is 2.85. The highest BCUT2D eigenvalue weighted by atomic mass is 32.2. The van der Waals surface area contributed by atoms with Crippen LogP contribution in [-0.4, -0.2) is 41.7 Å². The van der Waals surface area contributed by atoms with Crippen molar-refractivity contribution in [2.24, 2.45) is 0 Å². The molecule has 0 aromatic heterocycles. The second-order valence-electron chi connectivity index (χ2n) is 3.19. The molecule has 0 radical (unpaired) electrons. The van der Waals surface area contributed by atoms with Gasteiger partial charge in [0.15, 0.2) is 6.29 Å². The largest absolute Gasteiger partial charge is 0.394 e. The summed E-state index contributed by atoms with van der Waals surface area (Å²) in [5.41, 5.74) is 0. The van der Waals surface area contributed by atoms with Crippen LogP contribution in [0.25, 0.3) is 0 Å². The third-order valence-electron chi connectivity index (χ3n) is 2.25. The Hall–Kier alpha value is 0.230. The molecule has 2 aliphatic heterocycles. The molecule has 0 saturated carbocycles. The van der Waals surface area contributed by atoms with Gasteiger partial charge in [0.05, 0.1) is 18.5 Å². The fourth-order valence-electron chi connectivity index (χ4n) is 1.58. The van der Waals surface area contributed by atoms with Gasteiger partial charge in [0, 0.05) is 0 Å². The molecule has 4 heteroatoms. The summed E-state index contributed by atoms with van der Waals surface area (Å²) in [6.07, 6.45) is 2.31. The van der Waals surface area contributed by atoms with Gasteiger partial charge >= 0.3 is 0 Å². The van der Waals surface area contributed by atoms with E-state index in [0.29, 0.717) is 11.9 Å². The Balaban J connectivity index is 1.81. The zero-order valence-corrected chi connectivity index (χ0v) is 7.76. The Morgan fingerprint density at radius 2 is 2.42 bits per heavy atom. The highest BCUT2D eigenvalue weighted by Crippen LogP contribution is 2.33. The first kappa shape index (κ1) is 8.81. The summed E-state index contributed by atoms with van der Waals surface area (Å²) in [6.45, 7) is 0.631. The van der Waals surface area contributed by atoms with E-state index < -0.39 is 0 Å². The molecule has 3 atom stereocenters. The predicted octanol–water partition coefficient (Wildman–Crippen LogP) is 0.616. The summed E-state index contributed by atoms with van der Waals surface area (Å²) in [5.74, 6) is 1.22. The van der Waals surface area contributed by atoms with E-state index in [1.807, 2.05) is 11.8 Å². The second kappa shape index (κ2) is 3.96.